The molecule has 0 aliphatic rings. The van der Waals surface area contributed by atoms with E-state index in [-0.39, 0.29) is 24.3 Å². The van der Waals surface area contributed by atoms with Gasteiger partial charge in [0.05, 0.1) is 0 Å². The molecule has 0 saturated heterocycles. The highest BCUT2D eigenvalue weighted by atomic mass is 32.2. The topological polar surface area (TPSA) is 127 Å². The Labute approximate surface area is 129 Å². The molecule has 126 valence electrons. The lowest BCUT2D eigenvalue weighted by Crippen LogP contribution is -2.26. The van der Waals surface area contributed by atoms with Crippen molar-refractivity contribution in [1.82, 2.24) is 0 Å². The summed E-state index contributed by atoms with van der Waals surface area (Å²) >= 11 is 0. The third kappa shape index (κ3) is 5.44. The monoisotopic (exact) mass is 354 g/mol. The fourth-order valence-corrected chi connectivity index (χ4v) is 2.92. The smallest absolute Gasteiger partial charge is 0.303 e. The van der Waals surface area contributed by atoms with Crippen LogP contribution in [0, 0.1) is 0 Å². The van der Waals surface area contributed by atoms with Gasteiger partial charge in [-0.2, -0.15) is 16.8 Å². The second kappa shape index (κ2) is 7.27. The van der Waals surface area contributed by atoms with Crippen LogP contribution in [0.3, 0.4) is 0 Å². The van der Waals surface area contributed by atoms with Gasteiger partial charge in [-0.1, -0.05) is 13.8 Å². The minimum atomic E-state index is -4.33. The first-order valence-electron chi connectivity index (χ1n) is 6.43. The molecule has 0 aromatic heterocycles. The molecule has 0 spiro atoms. The zero-order valence-corrected chi connectivity index (χ0v) is 13.7. The highest BCUT2D eigenvalue weighted by molar-refractivity contribution is 7.86. The van der Waals surface area contributed by atoms with E-state index >= 15 is 0 Å². The van der Waals surface area contributed by atoms with Crippen molar-refractivity contribution in [3.8, 4) is 11.5 Å². The number of benzene rings is 1. The van der Waals surface area contributed by atoms with Crippen LogP contribution in [0.25, 0.3) is 0 Å². The van der Waals surface area contributed by atoms with Crippen LogP contribution in [0.15, 0.2) is 24.3 Å². The highest BCUT2D eigenvalue weighted by Gasteiger charge is 2.24. The second-order valence-electron chi connectivity index (χ2n) is 4.41. The summed E-state index contributed by atoms with van der Waals surface area (Å²) in [7, 11) is -8.66. The van der Waals surface area contributed by atoms with Gasteiger partial charge in [-0.05, 0) is 37.1 Å². The predicted molar refractivity (Wildman–Crippen MR) is 79.0 cm³/mol. The van der Waals surface area contributed by atoms with Gasteiger partial charge in [-0.25, -0.2) is 0 Å². The van der Waals surface area contributed by atoms with Gasteiger partial charge in [0, 0.05) is 0 Å². The Morgan fingerprint density at radius 2 is 1.09 bits per heavy atom. The van der Waals surface area contributed by atoms with Crippen molar-refractivity contribution >= 4 is 20.2 Å². The van der Waals surface area contributed by atoms with E-state index in [1.165, 1.54) is 38.1 Å². The molecule has 0 aliphatic heterocycles. The summed E-state index contributed by atoms with van der Waals surface area (Å²) in [6, 6.07) is 5.44. The fraction of sp³-hybridized carbons (Fsp3) is 0.500. The third-order valence-corrected chi connectivity index (χ3v) is 4.88. The normalized spacial score (nSPS) is 15.1. The van der Waals surface area contributed by atoms with Crippen LogP contribution in [-0.4, -0.2) is 36.8 Å². The van der Waals surface area contributed by atoms with Crippen molar-refractivity contribution in [2.24, 2.45) is 0 Å². The molecule has 0 aliphatic carbocycles. The van der Waals surface area contributed by atoms with Crippen LogP contribution in [-0.2, 0) is 20.2 Å². The lowest BCUT2D eigenvalue weighted by Gasteiger charge is -2.16. The Morgan fingerprint density at radius 3 is 1.27 bits per heavy atom. The van der Waals surface area contributed by atoms with Crippen LogP contribution >= 0.6 is 0 Å². The average Bonchev–Trinajstić information content (AvgIpc) is 2.40. The maximum atomic E-state index is 11.0. The number of ether oxygens (including phenoxy) is 2. The molecule has 0 bridgehead atoms. The molecule has 2 atom stereocenters. The molecule has 0 saturated carbocycles. The molecule has 1 aromatic rings. The maximum Gasteiger partial charge on any atom is 0.303 e. The van der Waals surface area contributed by atoms with E-state index in [0.29, 0.717) is 0 Å². The van der Waals surface area contributed by atoms with Crippen LogP contribution in [0.1, 0.15) is 26.7 Å². The quantitative estimate of drug-likeness (QED) is 0.675. The molecule has 2 N–H and O–H groups in total. The van der Waals surface area contributed by atoms with Crippen LogP contribution in [0.4, 0.5) is 0 Å². The van der Waals surface area contributed by atoms with Gasteiger partial charge in [-0.15, -0.1) is 0 Å². The molecule has 1 aromatic carbocycles. The highest BCUT2D eigenvalue weighted by Crippen LogP contribution is 2.22. The van der Waals surface area contributed by atoms with Gasteiger partial charge in [0.2, 0.25) is 10.9 Å². The summed E-state index contributed by atoms with van der Waals surface area (Å²) in [5.74, 6) is 0.327. The molecular weight excluding hydrogens is 336 g/mol. The van der Waals surface area contributed by atoms with E-state index < -0.39 is 31.1 Å². The lowest BCUT2D eigenvalue weighted by molar-refractivity contribution is 0.246. The van der Waals surface area contributed by atoms with E-state index in [2.05, 4.69) is 0 Å². The first-order valence-corrected chi connectivity index (χ1v) is 9.44. The number of hydrogen-bond donors (Lipinski definition) is 2. The second-order valence-corrected chi connectivity index (χ2v) is 7.52. The van der Waals surface area contributed by atoms with E-state index in [4.69, 9.17) is 18.6 Å². The van der Waals surface area contributed by atoms with E-state index in [1.807, 2.05) is 0 Å². The minimum absolute atomic E-state index is 0.0533. The Morgan fingerprint density at radius 1 is 0.818 bits per heavy atom. The van der Waals surface area contributed by atoms with E-state index in [1.54, 1.807) is 0 Å². The average molecular weight is 354 g/mol. The summed E-state index contributed by atoms with van der Waals surface area (Å²) in [6.07, 6.45) is 0.107. The molecule has 22 heavy (non-hydrogen) atoms. The Hall–Kier alpha value is -1.36. The Balaban J connectivity index is 2.83. The zero-order valence-electron chi connectivity index (χ0n) is 12.0. The molecule has 2 unspecified atom stereocenters. The summed E-state index contributed by atoms with van der Waals surface area (Å²) in [5.41, 5.74) is -2.78. The van der Waals surface area contributed by atoms with Crippen LogP contribution in [0.2, 0.25) is 0 Å². The standard InChI is InChI=1S/C12H18O8S2/c1-3-11(21(13,14)15)19-9-5-7-10(8-6-9)20-12(4-2)22(16,17)18/h5-8,11-12H,3-4H2,1-2H3,(H,13,14,15)(H,16,17,18). The fourth-order valence-electron chi connectivity index (χ4n) is 1.61. The molecule has 0 radical (unpaired) electrons. The zero-order chi connectivity index (χ0) is 17.0. The number of rotatable bonds is 8. The molecule has 0 amide bonds. The largest absolute Gasteiger partial charge is 0.472 e. The van der Waals surface area contributed by atoms with Gasteiger partial charge in [-0.3, -0.25) is 9.11 Å². The summed E-state index contributed by atoms with van der Waals surface area (Å²) in [4.78, 5) is 0. The van der Waals surface area contributed by atoms with Gasteiger partial charge in [0.1, 0.15) is 11.5 Å². The molecule has 0 heterocycles. The van der Waals surface area contributed by atoms with Crippen molar-refractivity contribution in [2.45, 2.75) is 37.6 Å². The molecule has 10 heteroatoms. The van der Waals surface area contributed by atoms with Crippen molar-refractivity contribution in [3.05, 3.63) is 24.3 Å². The van der Waals surface area contributed by atoms with Crippen molar-refractivity contribution in [3.63, 3.8) is 0 Å². The maximum absolute atomic E-state index is 11.0. The summed E-state index contributed by atoms with van der Waals surface area (Å²) in [6.45, 7) is 3.07. The third-order valence-electron chi connectivity index (χ3n) is 2.69. The lowest BCUT2D eigenvalue weighted by atomic mass is 10.3. The van der Waals surface area contributed by atoms with E-state index in [9.17, 15) is 16.8 Å². The molecule has 1 rings (SSSR count). The summed E-state index contributed by atoms with van der Waals surface area (Å²) in [5, 5.41) is 0. The molecular formula is C12H18O8S2. The van der Waals surface area contributed by atoms with Gasteiger partial charge >= 0.3 is 20.2 Å². The molecule has 0 fully saturated rings. The van der Waals surface area contributed by atoms with E-state index in [0.717, 1.165) is 0 Å². The first kappa shape index (κ1) is 18.7. The Kier molecular flexibility index (Phi) is 6.17. The minimum Gasteiger partial charge on any atom is -0.472 e. The van der Waals surface area contributed by atoms with Crippen LogP contribution in [0.5, 0.6) is 11.5 Å². The van der Waals surface area contributed by atoms with Crippen molar-refractivity contribution in [2.75, 3.05) is 0 Å². The van der Waals surface area contributed by atoms with Crippen LogP contribution < -0.4 is 9.47 Å². The Bertz CT molecular complexity index is 617. The first-order chi connectivity index (χ1) is 10.1. The number of hydrogen-bond acceptors (Lipinski definition) is 6. The van der Waals surface area contributed by atoms with Crippen molar-refractivity contribution in [1.29, 1.82) is 0 Å². The molecule has 8 nitrogen and oxygen atoms in total. The predicted octanol–water partition coefficient (Wildman–Crippen LogP) is 1.69. The van der Waals surface area contributed by atoms with Crippen molar-refractivity contribution < 1.29 is 35.4 Å². The van der Waals surface area contributed by atoms with Gasteiger partial charge in [0.15, 0.2) is 0 Å². The summed E-state index contributed by atoms with van der Waals surface area (Å²) < 4.78 is 72.3. The SMILES string of the molecule is CCC(Oc1ccc(OC(CC)S(=O)(=O)O)cc1)S(=O)(=O)O. The van der Waals surface area contributed by atoms with Gasteiger partial charge in [0.25, 0.3) is 0 Å². The van der Waals surface area contributed by atoms with Gasteiger partial charge < -0.3 is 9.47 Å².